The molecule has 1 aromatic heterocycles. The fraction of sp³-hybridized carbons (Fsp3) is 0.478. The molecule has 3 rings (SSSR count). The molecule has 0 spiro atoms. The molecule has 1 saturated heterocycles. The Morgan fingerprint density at radius 3 is 2.77 bits per heavy atom. The van der Waals surface area contributed by atoms with E-state index in [1.807, 2.05) is 19.9 Å². The molecule has 6 N–H and O–H groups in total. The number of para-hydroxylation sites is 1. The van der Waals surface area contributed by atoms with Crippen LogP contribution in [-0.4, -0.2) is 66.4 Å². The monoisotopic (exact) mass is 504 g/mol. The van der Waals surface area contributed by atoms with Crippen LogP contribution in [0.25, 0.3) is 10.9 Å². The van der Waals surface area contributed by atoms with E-state index in [4.69, 9.17) is 11.5 Å². The predicted molar refractivity (Wildman–Crippen MR) is 132 cm³/mol. The first-order valence-corrected chi connectivity index (χ1v) is 12.9. The van der Waals surface area contributed by atoms with Crippen molar-refractivity contribution in [3.63, 3.8) is 0 Å². The van der Waals surface area contributed by atoms with Crippen molar-refractivity contribution in [2.24, 2.45) is 22.4 Å². The largest absolute Gasteiger partial charge is 0.480 e. The third-order valence-corrected chi connectivity index (χ3v) is 7.58. The summed E-state index contributed by atoms with van der Waals surface area (Å²) < 4.78 is 29.4. The maximum atomic E-state index is 13.5. The average Bonchev–Trinajstić information content (AvgIpc) is 2.79. The number of carbonyl (C=O) groups excluding carboxylic acids is 1. The highest BCUT2D eigenvalue weighted by molar-refractivity contribution is 7.89. The van der Waals surface area contributed by atoms with Gasteiger partial charge in [-0.2, -0.15) is 4.72 Å². The van der Waals surface area contributed by atoms with Gasteiger partial charge in [0.05, 0.1) is 5.52 Å². The Bertz CT molecular complexity index is 1230. The number of carboxylic acids is 1. The number of fused-ring (bicyclic) bond motifs is 1. The summed E-state index contributed by atoms with van der Waals surface area (Å²) in [5.74, 6) is -1.66. The van der Waals surface area contributed by atoms with Crippen molar-refractivity contribution in [3.8, 4) is 0 Å². The molecule has 2 aromatic rings. The smallest absolute Gasteiger partial charge is 0.326 e. The summed E-state index contributed by atoms with van der Waals surface area (Å²) in [7, 11) is -4.18. The molecule has 1 amide bonds. The SMILES string of the molecule is Cc1cnc2c(S(=O)(=O)N[C@@H](CCCN=C(N)N)C(=O)N3CC[C@@H](C)C[C@@H]3C(=O)O)cccc2c1. The van der Waals surface area contributed by atoms with Gasteiger partial charge in [0.2, 0.25) is 15.9 Å². The van der Waals surface area contributed by atoms with Crippen LogP contribution in [0.4, 0.5) is 0 Å². The molecule has 1 fully saturated rings. The number of carbonyl (C=O) groups is 2. The molecular formula is C23H32N6O5S. The first-order valence-electron chi connectivity index (χ1n) is 11.5. The van der Waals surface area contributed by atoms with Crippen molar-refractivity contribution in [2.75, 3.05) is 13.1 Å². The molecule has 0 saturated carbocycles. The summed E-state index contributed by atoms with van der Waals surface area (Å²) in [5, 5.41) is 10.3. The van der Waals surface area contributed by atoms with Crippen molar-refractivity contribution in [2.45, 2.75) is 56.5 Å². The van der Waals surface area contributed by atoms with Gasteiger partial charge in [-0.3, -0.25) is 14.8 Å². The van der Waals surface area contributed by atoms with Crippen molar-refractivity contribution < 1.29 is 23.1 Å². The summed E-state index contributed by atoms with van der Waals surface area (Å²) in [6, 6.07) is 4.42. The van der Waals surface area contributed by atoms with E-state index >= 15 is 0 Å². The van der Waals surface area contributed by atoms with E-state index in [2.05, 4.69) is 14.7 Å². The highest BCUT2D eigenvalue weighted by Gasteiger charge is 2.39. The number of hydrogen-bond acceptors (Lipinski definition) is 6. The normalized spacial score (nSPS) is 19.3. The summed E-state index contributed by atoms with van der Waals surface area (Å²) in [4.78, 5) is 34.8. The van der Waals surface area contributed by atoms with Gasteiger partial charge in [0.15, 0.2) is 5.96 Å². The van der Waals surface area contributed by atoms with Gasteiger partial charge in [-0.1, -0.05) is 19.1 Å². The van der Waals surface area contributed by atoms with Crippen molar-refractivity contribution >= 4 is 38.8 Å². The number of aliphatic carboxylic acids is 1. The van der Waals surface area contributed by atoms with E-state index in [9.17, 15) is 23.1 Å². The highest BCUT2D eigenvalue weighted by atomic mass is 32.2. The van der Waals surface area contributed by atoms with Gasteiger partial charge in [0.25, 0.3) is 0 Å². The number of piperidine rings is 1. The Morgan fingerprint density at radius 1 is 1.34 bits per heavy atom. The number of aliphatic imine (C=N–C) groups is 1. The Kier molecular flexibility index (Phi) is 8.28. The molecule has 35 heavy (non-hydrogen) atoms. The number of likely N-dealkylation sites (tertiary alicyclic amines) is 1. The van der Waals surface area contributed by atoms with E-state index in [0.717, 1.165) is 5.56 Å². The number of rotatable bonds is 9. The summed E-state index contributed by atoms with van der Waals surface area (Å²) >= 11 is 0. The first kappa shape index (κ1) is 26.4. The number of nitrogens with zero attached hydrogens (tertiary/aromatic N) is 3. The minimum absolute atomic E-state index is 0.0564. The summed E-state index contributed by atoms with van der Waals surface area (Å²) in [5.41, 5.74) is 11.9. The molecule has 1 aromatic carbocycles. The molecule has 12 heteroatoms. The third kappa shape index (κ3) is 6.45. The molecule has 3 atom stereocenters. The number of pyridine rings is 1. The van der Waals surface area contributed by atoms with Crippen molar-refractivity contribution in [1.82, 2.24) is 14.6 Å². The topological polar surface area (TPSA) is 181 Å². The Balaban J connectivity index is 1.92. The maximum Gasteiger partial charge on any atom is 0.326 e. The van der Waals surface area contributed by atoms with Crippen molar-refractivity contribution in [3.05, 3.63) is 36.0 Å². The zero-order valence-corrected chi connectivity index (χ0v) is 20.7. The lowest BCUT2D eigenvalue weighted by Gasteiger charge is -2.38. The lowest BCUT2D eigenvalue weighted by atomic mass is 9.91. The predicted octanol–water partition coefficient (Wildman–Crippen LogP) is 0.955. The maximum absolute atomic E-state index is 13.5. The Labute approximate surface area is 204 Å². The van der Waals surface area contributed by atoms with Crippen LogP contribution >= 0.6 is 0 Å². The number of benzene rings is 1. The lowest BCUT2D eigenvalue weighted by Crippen LogP contribution is -2.56. The highest BCUT2D eigenvalue weighted by Crippen LogP contribution is 2.26. The van der Waals surface area contributed by atoms with Gasteiger partial charge in [0.1, 0.15) is 17.0 Å². The second kappa shape index (κ2) is 11.0. The average molecular weight is 505 g/mol. The fourth-order valence-electron chi connectivity index (χ4n) is 4.29. The number of amides is 1. The van der Waals surface area contributed by atoms with Gasteiger partial charge in [0, 0.05) is 24.7 Å². The third-order valence-electron chi connectivity index (χ3n) is 6.07. The van der Waals surface area contributed by atoms with Crippen LogP contribution in [0, 0.1) is 12.8 Å². The van der Waals surface area contributed by atoms with E-state index in [0.29, 0.717) is 24.6 Å². The Morgan fingerprint density at radius 2 is 2.09 bits per heavy atom. The molecule has 1 aliphatic rings. The summed E-state index contributed by atoms with van der Waals surface area (Å²) in [6.07, 6.45) is 2.92. The summed E-state index contributed by atoms with van der Waals surface area (Å²) in [6.45, 7) is 4.22. The van der Waals surface area contributed by atoms with Crippen LogP contribution in [0.1, 0.15) is 38.2 Å². The van der Waals surface area contributed by atoms with Gasteiger partial charge in [-0.25, -0.2) is 13.2 Å². The Hall–Kier alpha value is -3.25. The van der Waals surface area contributed by atoms with Gasteiger partial charge < -0.3 is 21.5 Å². The van der Waals surface area contributed by atoms with Crippen LogP contribution in [0.2, 0.25) is 0 Å². The molecule has 1 aliphatic heterocycles. The number of sulfonamides is 1. The number of nitrogens with one attached hydrogen (secondary N) is 1. The molecule has 0 unspecified atom stereocenters. The zero-order valence-electron chi connectivity index (χ0n) is 19.8. The quantitative estimate of drug-likeness (QED) is 0.221. The lowest BCUT2D eigenvalue weighted by molar-refractivity contribution is -0.153. The minimum atomic E-state index is -4.18. The van der Waals surface area contributed by atoms with Crippen LogP contribution < -0.4 is 16.2 Å². The van der Waals surface area contributed by atoms with Gasteiger partial charge in [-0.05, 0) is 56.2 Å². The molecular weight excluding hydrogens is 472 g/mol. The van der Waals surface area contributed by atoms with Crippen LogP contribution in [0.5, 0.6) is 0 Å². The number of aryl methyl sites for hydroxylation is 1. The van der Waals surface area contributed by atoms with Gasteiger partial charge >= 0.3 is 5.97 Å². The molecule has 0 bridgehead atoms. The zero-order chi connectivity index (χ0) is 25.8. The van der Waals surface area contributed by atoms with E-state index < -0.39 is 34.0 Å². The molecule has 2 heterocycles. The molecule has 0 aliphatic carbocycles. The standard InChI is InChI=1S/C23H32N6O5S/c1-14-8-10-29(18(12-14)22(31)32)21(30)17(6-4-9-26-23(24)25)28-35(33,34)19-7-3-5-16-11-15(2)13-27-20(16)19/h3,5,7,11,13-14,17-18,28H,4,6,8-10,12H2,1-2H3,(H,31,32)(H4,24,25,26)/t14-,17+,18-/m1/s1. The fourth-order valence-corrected chi connectivity index (χ4v) is 5.69. The number of aromatic nitrogens is 1. The second-order valence-electron chi connectivity index (χ2n) is 8.98. The number of nitrogens with two attached hydrogens (primary N) is 2. The van der Waals surface area contributed by atoms with Crippen LogP contribution in [0.15, 0.2) is 40.4 Å². The minimum Gasteiger partial charge on any atom is -0.480 e. The van der Waals surface area contributed by atoms with E-state index in [1.165, 1.54) is 11.0 Å². The van der Waals surface area contributed by atoms with Crippen LogP contribution in [-0.2, 0) is 19.6 Å². The number of carboxylic acid groups (broad SMARTS) is 1. The first-order chi connectivity index (χ1) is 16.5. The van der Waals surface area contributed by atoms with E-state index in [1.54, 1.807) is 18.3 Å². The molecule has 0 radical (unpaired) electrons. The molecule has 190 valence electrons. The van der Waals surface area contributed by atoms with E-state index in [-0.39, 0.29) is 41.8 Å². The number of guanidine groups is 1. The second-order valence-corrected chi connectivity index (χ2v) is 10.7. The molecule has 11 nitrogen and oxygen atoms in total. The number of hydrogen-bond donors (Lipinski definition) is 4. The van der Waals surface area contributed by atoms with Crippen LogP contribution in [0.3, 0.4) is 0 Å². The van der Waals surface area contributed by atoms with Crippen molar-refractivity contribution in [1.29, 1.82) is 0 Å². The van der Waals surface area contributed by atoms with Gasteiger partial charge in [-0.15, -0.1) is 0 Å².